The van der Waals surface area contributed by atoms with Crippen molar-refractivity contribution in [3.05, 3.63) is 0 Å². The molecule has 30 heavy (non-hydrogen) atoms. The molecule has 10 heteroatoms. The summed E-state index contributed by atoms with van der Waals surface area (Å²) in [5.41, 5.74) is 11.4. The van der Waals surface area contributed by atoms with E-state index in [1.54, 1.807) is 0 Å². The number of hydrogen-bond acceptors (Lipinski definition) is 6. The Kier molecular flexibility index (Phi) is 13.7. The maximum absolute atomic E-state index is 12.5. The second kappa shape index (κ2) is 14.7. The van der Waals surface area contributed by atoms with E-state index in [0.29, 0.717) is 25.8 Å². The number of carboxylic acid groups (broad SMARTS) is 1. The van der Waals surface area contributed by atoms with Crippen LogP contribution in [0.25, 0.3) is 0 Å². The highest BCUT2D eigenvalue weighted by molar-refractivity contribution is 5.92. The summed E-state index contributed by atoms with van der Waals surface area (Å²) in [4.78, 5) is 48.2. The molecule has 174 valence electrons. The monoisotopic (exact) mass is 429 g/mol. The molecule has 0 aliphatic heterocycles. The number of hydrogen-bond donors (Lipinski definition) is 6. The average molecular weight is 430 g/mol. The van der Waals surface area contributed by atoms with Crippen molar-refractivity contribution in [3.8, 4) is 0 Å². The lowest BCUT2D eigenvalue weighted by Gasteiger charge is -2.23. The van der Waals surface area contributed by atoms with Crippen LogP contribution in [0.3, 0.4) is 0 Å². The third-order valence-corrected chi connectivity index (χ3v) is 4.90. The van der Waals surface area contributed by atoms with E-state index in [9.17, 15) is 24.3 Å². The molecule has 0 saturated heterocycles. The molecule has 8 N–H and O–H groups in total. The van der Waals surface area contributed by atoms with E-state index < -0.39 is 41.8 Å². The van der Waals surface area contributed by atoms with Crippen LogP contribution in [0.4, 0.5) is 0 Å². The summed E-state index contributed by atoms with van der Waals surface area (Å²) >= 11 is 0. The highest BCUT2D eigenvalue weighted by atomic mass is 16.4. The maximum Gasteiger partial charge on any atom is 0.326 e. The van der Waals surface area contributed by atoms with Crippen molar-refractivity contribution in [2.45, 2.75) is 77.9 Å². The molecule has 4 atom stereocenters. The largest absolute Gasteiger partial charge is 0.480 e. The van der Waals surface area contributed by atoms with E-state index in [1.807, 2.05) is 27.7 Å². The number of carboxylic acids is 1. The summed E-state index contributed by atoms with van der Waals surface area (Å²) in [5.74, 6) is -2.66. The van der Waals surface area contributed by atoms with Crippen molar-refractivity contribution in [1.29, 1.82) is 0 Å². The first-order valence-electron chi connectivity index (χ1n) is 10.6. The van der Waals surface area contributed by atoms with Crippen molar-refractivity contribution >= 4 is 23.7 Å². The lowest BCUT2D eigenvalue weighted by Crippen LogP contribution is -2.54. The molecule has 0 heterocycles. The first-order chi connectivity index (χ1) is 14.0. The normalized spacial score (nSPS) is 15.0. The van der Waals surface area contributed by atoms with E-state index >= 15 is 0 Å². The van der Waals surface area contributed by atoms with Gasteiger partial charge in [-0.05, 0) is 44.1 Å². The lowest BCUT2D eigenvalue weighted by atomic mass is 9.98. The van der Waals surface area contributed by atoms with Gasteiger partial charge in [-0.1, -0.05) is 34.1 Å². The topological polar surface area (TPSA) is 177 Å². The number of nitrogens with two attached hydrogens (primary N) is 2. The van der Waals surface area contributed by atoms with Crippen LogP contribution in [0.2, 0.25) is 0 Å². The van der Waals surface area contributed by atoms with E-state index in [0.717, 1.165) is 6.42 Å². The van der Waals surface area contributed by atoms with E-state index in [2.05, 4.69) is 16.0 Å². The Morgan fingerprint density at radius 2 is 1.60 bits per heavy atom. The Labute approximate surface area is 178 Å². The zero-order chi connectivity index (χ0) is 23.3. The maximum atomic E-state index is 12.5. The molecular formula is C20H39N5O5. The molecule has 0 aliphatic carbocycles. The molecule has 0 aromatic heterocycles. The van der Waals surface area contributed by atoms with Crippen LogP contribution in [-0.4, -0.2) is 60.0 Å². The highest BCUT2D eigenvalue weighted by Gasteiger charge is 2.26. The second-order valence-electron chi connectivity index (χ2n) is 8.06. The number of rotatable bonds is 15. The van der Waals surface area contributed by atoms with Gasteiger partial charge in [-0.3, -0.25) is 14.4 Å². The standard InChI is InChI=1S/C20H39N5O5/c1-5-13(4)17(22)19(28)25-14(8-6-7-9-21)18(27)23-11-16(26)24-15(20(29)30)10-12(2)3/h12-15,17H,5-11,21-22H2,1-4H3,(H,23,27)(H,24,26)(H,25,28)(H,29,30). The van der Waals surface area contributed by atoms with Gasteiger partial charge in [0.2, 0.25) is 17.7 Å². The first kappa shape index (κ1) is 27.8. The Balaban J connectivity index is 4.88. The summed E-state index contributed by atoms with van der Waals surface area (Å²) in [6.07, 6.45) is 2.66. The fourth-order valence-corrected chi connectivity index (χ4v) is 2.77. The summed E-state index contributed by atoms with van der Waals surface area (Å²) in [7, 11) is 0. The van der Waals surface area contributed by atoms with E-state index in [-0.39, 0.29) is 24.8 Å². The number of amides is 3. The average Bonchev–Trinajstić information content (AvgIpc) is 2.69. The molecule has 0 aromatic rings. The SMILES string of the molecule is CCC(C)C(N)C(=O)NC(CCCCN)C(=O)NCC(=O)NC(CC(C)C)C(=O)O. The molecular weight excluding hydrogens is 390 g/mol. The number of carbonyl (C=O) groups is 4. The smallest absolute Gasteiger partial charge is 0.326 e. The van der Waals surface area contributed by atoms with Crippen LogP contribution in [0.15, 0.2) is 0 Å². The predicted octanol–water partition coefficient (Wildman–Crippen LogP) is -0.295. The van der Waals surface area contributed by atoms with Crippen molar-refractivity contribution in [1.82, 2.24) is 16.0 Å². The molecule has 0 rings (SSSR count). The van der Waals surface area contributed by atoms with Crippen LogP contribution in [-0.2, 0) is 19.2 Å². The first-order valence-corrected chi connectivity index (χ1v) is 10.6. The van der Waals surface area contributed by atoms with Crippen LogP contribution in [0, 0.1) is 11.8 Å². The lowest BCUT2D eigenvalue weighted by molar-refractivity contribution is -0.142. The molecule has 0 fully saturated rings. The Bertz CT molecular complexity index is 570. The number of carbonyl (C=O) groups excluding carboxylic acids is 3. The van der Waals surface area contributed by atoms with Gasteiger partial charge in [0.05, 0.1) is 12.6 Å². The van der Waals surface area contributed by atoms with Crippen molar-refractivity contribution in [2.75, 3.05) is 13.1 Å². The van der Waals surface area contributed by atoms with Crippen LogP contribution >= 0.6 is 0 Å². The van der Waals surface area contributed by atoms with Gasteiger partial charge in [0.25, 0.3) is 0 Å². The molecule has 0 bridgehead atoms. The van der Waals surface area contributed by atoms with Crippen molar-refractivity contribution in [2.24, 2.45) is 23.3 Å². The minimum absolute atomic E-state index is 0.0440. The molecule has 0 spiro atoms. The van der Waals surface area contributed by atoms with Gasteiger partial charge < -0.3 is 32.5 Å². The fraction of sp³-hybridized carbons (Fsp3) is 0.800. The van der Waals surface area contributed by atoms with Gasteiger partial charge in [-0.25, -0.2) is 4.79 Å². The van der Waals surface area contributed by atoms with Crippen LogP contribution < -0.4 is 27.4 Å². The zero-order valence-corrected chi connectivity index (χ0v) is 18.6. The summed E-state index contributed by atoms with van der Waals surface area (Å²) in [5, 5.41) is 16.7. The minimum Gasteiger partial charge on any atom is -0.480 e. The van der Waals surface area contributed by atoms with Gasteiger partial charge >= 0.3 is 5.97 Å². The molecule has 0 radical (unpaired) electrons. The number of aliphatic carboxylic acids is 1. The quantitative estimate of drug-likeness (QED) is 0.194. The molecule has 0 aliphatic rings. The van der Waals surface area contributed by atoms with Gasteiger partial charge in [0.1, 0.15) is 12.1 Å². The van der Waals surface area contributed by atoms with Gasteiger partial charge in [-0.2, -0.15) is 0 Å². The minimum atomic E-state index is -1.13. The molecule has 10 nitrogen and oxygen atoms in total. The van der Waals surface area contributed by atoms with Crippen molar-refractivity contribution in [3.63, 3.8) is 0 Å². The molecule has 0 aromatic carbocycles. The van der Waals surface area contributed by atoms with Gasteiger partial charge in [-0.15, -0.1) is 0 Å². The summed E-state index contributed by atoms with van der Waals surface area (Å²) < 4.78 is 0. The highest BCUT2D eigenvalue weighted by Crippen LogP contribution is 2.08. The third-order valence-electron chi connectivity index (χ3n) is 4.90. The Morgan fingerprint density at radius 1 is 0.967 bits per heavy atom. The third kappa shape index (κ3) is 11.1. The Hall–Kier alpha value is -2.20. The molecule has 3 amide bonds. The molecule has 4 unspecified atom stereocenters. The predicted molar refractivity (Wildman–Crippen MR) is 114 cm³/mol. The number of unbranched alkanes of at least 4 members (excludes halogenated alkanes) is 1. The summed E-state index contributed by atoms with van der Waals surface area (Å²) in [6, 6.07) is -2.61. The zero-order valence-electron chi connectivity index (χ0n) is 18.6. The second-order valence-corrected chi connectivity index (χ2v) is 8.06. The fourth-order valence-electron chi connectivity index (χ4n) is 2.77. The molecule has 0 saturated carbocycles. The van der Waals surface area contributed by atoms with Crippen LogP contribution in [0.1, 0.15) is 59.8 Å². The van der Waals surface area contributed by atoms with Gasteiger partial charge in [0, 0.05) is 0 Å². The van der Waals surface area contributed by atoms with Gasteiger partial charge in [0.15, 0.2) is 0 Å². The number of nitrogens with one attached hydrogen (secondary N) is 3. The summed E-state index contributed by atoms with van der Waals surface area (Å²) in [6.45, 7) is 7.55. The van der Waals surface area contributed by atoms with E-state index in [4.69, 9.17) is 11.5 Å². The van der Waals surface area contributed by atoms with Crippen LogP contribution in [0.5, 0.6) is 0 Å². The van der Waals surface area contributed by atoms with E-state index in [1.165, 1.54) is 0 Å². The van der Waals surface area contributed by atoms with Crippen molar-refractivity contribution < 1.29 is 24.3 Å². The Morgan fingerprint density at radius 3 is 2.10 bits per heavy atom.